The minimum absolute atomic E-state index is 0.0910. The van der Waals surface area contributed by atoms with Gasteiger partial charge in [-0.1, -0.05) is 12.8 Å². The summed E-state index contributed by atoms with van der Waals surface area (Å²) in [6.45, 7) is 0.566. The zero-order valence-electron chi connectivity index (χ0n) is 10.8. The van der Waals surface area contributed by atoms with E-state index in [0.717, 1.165) is 19.3 Å². The Hall–Kier alpha value is -0.430. The molecule has 3 rings (SSSR count). The van der Waals surface area contributed by atoms with Crippen molar-refractivity contribution in [3.05, 3.63) is 17.0 Å². The van der Waals surface area contributed by atoms with Crippen LogP contribution in [0.5, 0.6) is 0 Å². The average molecular weight is 301 g/mol. The fraction of sp³-hybridized carbons (Fsp3) is 0.692. The van der Waals surface area contributed by atoms with Gasteiger partial charge in [-0.15, -0.1) is 11.3 Å². The second-order valence-corrected chi connectivity index (χ2v) is 8.68. The van der Waals surface area contributed by atoms with E-state index in [-0.39, 0.29) is 12.6 Å². The molecule has 2 heterocycles. The average Bonchev–Trinajstić information content (AvgIpc) is 3.06. The molecule has 1 N–H and O–H groups in total. The lowest BCUT2D eigenvalue weighted by atomic mass is 9.86. The van der Waals surface area contributed by atoms with Gasteiger partial charge in [-0.05, 0) is 37.3 Å². The molecule has 2 aliphatic rings. The third-order valence-electron chi connectivity index (χ3n) is 4.31. The highest BCUT2D eigenvalue weighted by Gasteiger charge is 2.42. The first-order chi connectivity index (χ1) is 9.13. The number of rotatable bonds is 3. The number of hydrogen-bond acceptors (Lipinski definition) is 4. The van der Waals surface area contributed by atoms with Gasteiger partial charge in [-0.2, -0.15) is 4.31 Å². The maximum absolute atomic E-state index is 12.7. The summed E-state index contributed by atoms with van der Waals surface area (Å²) in [5, 5.41) is 9.07. The number of sulfonamides is 1. The number of thiophene rings is 1. The first kappa shape index (κ1) is 13.5. The molecule has 0 spiro atoms. The summed E-state index contributed by atoms with van der Waals surface area (Å²) in [6, 6.07) is 3.53. The molecular weight excluding hydrogens is 282 g/mol. The Bertz CT molecular complexity index is 552. The van der Waals surface area contributed by atoms with Gasteiger partial charge in [0.15, 0.2) is 0 Å². The van der Waals surface area contributed by atoms with Crippen LogP contribution in [-0.4, -0.2) is 30.4 Å². The zero-order valence-corrected chi connectivity index (χ0v) is 12.4. The normalized spacial score (nSPS) is 28.5. The molecule has 0 aromatic carbocycles. The predicted molar refractivity (Wildman–Crippen MR) is 74.5 cm³/mol. The van der Waals surface area contributed by atoms with E-state index in [1.54, 1.807) is 16.4 Å². The molecule has 6 heteroatoms. The fourth-order valence-corrected chi connectivity index (χ4v) is 6.43. The van der Waals surface area contributed by atoms with Crippen LogP contribution < -0.4 is 0 Å². The first-order valence-corrected chi connectivity index (χ1v) is 9.10. The van der Waals surface area contributed by atoms with E-state index >= 15 is 0 Å². The molecule has 4 nitrogen and oxygen atoms in total. The van der Waals surface area contributed by atoms with Crippen molar-refractivity contribution in [2.75, 3.05) is 6.54 Å². The molecule has 2 unspecified atom stereocenters. The molecule has 0 bridgehead atoms. The number of fused-ring (bicyclic) bond motifs is 1. The highest BCUT2D eigenvalue weighted by atomic mass is 32.2. The smallest absolute Gasteiger partial charge is 0.252 e. The van der Waals surface area contributed by atoms with E-state index in [1.165, 1.54) is 24.2 Å². The minimum atomic E-state index is -3.36. The Morgan fingerprint density at radius 2 is 2.05 bits per heavy atom. The lowest BCUT2D eigenvalue weighted by molar-refractivity contribution is 0.260. The first-order valence-electron chi connectivity index (χ1n) is 6.84. The Morgan fingerprint density at radius 1 is 1.26 bits per heavy atom. The summed E-state index contributed by atoms with van der Waals surface area (Å²) >= 11 is 1.19. The van der Waals surface area contributed by atoms with Crippen molar-refractivity contribution in [2.24, 2.45) is 5.92 Å². The second kappa shape index (κ2) is 5.16. The molecule has 1 aliphatic heterocycles. The van der Waals surface area contributed by atoms with Crippen LogP contribution in [0.3, 0.4) is 0 Å². The second-order valence-electron chi connectivity index (χ2n) is 5.40. The molecule has 2 atom stereocenters. The highest BCUT2D eigenvalue weighted by molar-refractivity contribution is 7.91. The Labute approximate surface area is 118 Å². The van der Waals surface area contributed by atoms with E-state index < -0.39 is 10.0 Å². The maximum atomic E-state index is 12.7. The number of nitrogens with zero attached hydrogens (tertiary/aromatic N) is 1. The number of hydrogen-bond donors (Lipinski definition) is 1. The van der Waals surface area contributed by atoms with Crippen LogP contribution >= 0.6 is 11.3 Å². The highest BCUT2D eigenvalue weighted by Crippen LogP contribution is 2.40. The van der Waals surface area contributed by atoms with Crippen LogP contribution in [0.2, 0.25) is 0 Å². The molecule has 1 saturated carbocycles. The van der Waals surface area contributed by atoms with Gasteiger partial charge in [0.2, 0.25) is 0 Å². The molecule has 19 heavy (non-hydrogen) atoms. The van der Waals surface area contributed by atoms with Crippen molar-refractivity contribution in [1.29, 1.82) is 0 Å². The predicted octanol–water partition coefficient (Wildman–Crippen LogP) is 2.19. The number of aliphatic hydroxyl groups excluding tert-OH is 1. The van der Waals surface area contributed by atoms with Crippen molar-refractivity contribution in [2.45, 2.75) is 49.0 Å². The monoisotopic (exact) mass is 301 g/mol. The fourth-order valence-electron chi connectivity index (χ4n) is 3.36. The van der Waals surface area contributed by atoms with Crippen molar-refractivity contribution in [3.63, 3.8) is 0 Å². The molecule has 1 saturated heterocycles. The standard InChI is InChI=1S/C13H19NO3S2/c15-9-11-5-6-13(18-11)19(16,17)14-8-7-10-3-1-2-4-12(10)14/h5-6,10,12,15H,1-4,7-9H2. The van der Waals surface area contributed by atoms with Gasteiger partial charge in [0.25, 0.3) is 10.0 Å². The van der Waals surface area contributed by atoms with Gasteiger partial charge in [0.1, 0.15) is 4.21 Å². The van der Waals surface area contributed by atoms with E-state index in [9.17, 15) is 8.42 Å². The largest absolute Gasteiger partial charge is 0.391 e. The van der Waals surface area contributed by atoms with Crippen molar-refractivity contribution >= 4 is 21.4 Å². The van der Waals surface area contributed by atoms with Gasteiger partial charge < -0.3 is 5.11 Å². The van der Waals surface area contributed by atoms with Crippen LogP contribution in [0.4, 0.5) is 0 Å². The molecule has 106 valence electrons. The molecule has 2 fully saturated rings. The molecule has 0 radical (unpaired) electrons. The van der Waals surface area contributed by atoms with Crippen LogP contribution in [0.1, 0.15) is 37.0 Å². The minimum Gasteiger partial charge on any atom is -0.391 e. The van der Waals surface area contributed by atoms with Crippen molar-refractivity contribution < 1.29 is 13.5 Å². The zero-order chi connectivity index (χ0) is 13.5. The van der Waals surface area contributed by atoms with Crippen LogP contribution in [-0.2, 0) is 16.6 Å². The summed E-state index contributed by atoms with van der Waals surface area (Å²) in [4.78, 5) is 0.706. The lowest BCUT2D eigenvalue weighted by Crippen LogP contribution is -2.38. The summed E-state index contributed by atoms with van der Waals surface area (Å²) < 4.78 is 27.4. The Morgan fingerprint density at radius 3 is 2.79 bits per heavy atom. The molecule has 1 aliphatic carbocycles. The SMILES string of the molecule is O=S(=O)(c1ccc(CO)s1)N1CCC2CCCCC21. The van der Waals surface area contributed by atoms with Crippen molar-refractivity contribution in [3.8, 4) is 0 Å². The van der Waals surface area contributed by atoms with Crippen LogP contribution in [0.25, 0.3) is 0 Å². The molecule has 1 aromatic rings. The summed E-state index contributed by atoms with van der Waals surface area (Å²) in [7, 11) is -3.36. The van der Waals surface area contributed by atoms with Gasteiger partial charge >= 0.3 is 0 Å². The summed E-state index contributed by atoms with van der Waals surface area (Å²) in [6.07, 6.45) is 5.55. The lowest BCUT2D eigenvalue weighted by Gasteiger charge is -2.30. The third-order valence-corrected chi connectivity index (χ3v) is 7.78. The Balaban J connectivity index is 1.88. The van der Waals surface area contributed by atoms with Crippen LogP contribution in [0, 0.1) is 5.92 Å². The van der Waals surface area contributed by atoms with E-state index in [0.29, 0.717) is 21.5 Å². The van der Waals surface area contributed by atoms with Gasteiger partial charge in [0, 0.05) is 17.5 Å². The van der Waals surface area contributed by atoms with E-state index in [2.05, 4.69) is 0 Å². The number of aliphatic hydroxyl groups is 1. The molecular formula is C13H19NO3S2. The van der Waals surface area contributed by atoms with Crippen molar-refractivity contribution in [1.82, 2.24) is 4.31 Å². The van der Waals surface area contributed by atoms with Gasteiger partial charge in [0.05, 0.1) is 6.61 Å². The van der Waals surface area contributed by atoms with E-state index in [4.69, 9.17) is 5.11 Å². The topological polar surface area (TPSA) is 57.6 Å². The summed E-state index contributed by atoms with van der Waals surface area (Å²) in [5.74, 6) is 0.556. The van der Waals surface area contributed by atoms with Gasteiger partial charge in [-0.25, -0.2) is 8.42 Å². The molecule has 0 amide bonds. The van der Waals surface area contributed by atoms with E-state index in [1.807, 2.05) is 0 Å². The quantitative estimate of drug-likeness (QED) is 0.931. The Kier molecular flexibility index (Phi) is 3.68. The van der Waals surface area contributed by atoms with Gasteiger partial charge in [-0.3, -0.25) is 0 Å². The van der Waals surface area contributed by atoms with Crippen LogP contribution in [0.15, 0.2) is 16.3 Å². The maximum Gasteiger partial charge on any atom is 0.252 e. The molecule has 1 aromatic heterocycles. The third kappa shape index (κ3) is 2.35. The summed E-state index contributed by atoms with van der Waals surface area (Å²) in [5.41, 5.74) is 0.